The third-order valence-electron chi connectivity index (χ3n) is 5.08. The Hall–Kier alpha value is -4.13. The van der Waals surface area contributed by atoms with Gasteiger partial charge in [0.1, 0.15) is 11.5 Å². The van der Waals surface area contributed by atoms with Crippen molar-refractivity contribution in [3.8, 4) is 28.3 Å². The maximum Gasteiger partial charge on any atom is 0.278 e. The van der Waals surface area contributed by atoms with Crippen LogP contribution in [0.25, 0.3) is 28.3 Å². The second-order valence-corrected chi connectivity index (χ2v) is 7.06. The number of furan rings is 1. The minimum absolute atomic E-state index is 0.177. The quantitative estimate of drug-likeness (QED) is 0.504. The van der Waals surface area contributed by atoms with Gasteiger partial charge in [-0.05, 0) is 29.8 Å². The number of aryl methyl sites for hydroxylation is 1. The first-order valence-corrected chi connectivity index (χ1v) is 9.50. The van der Waals surface area contributed by atoms with Crippen LogP contribution in [0, 0.1) is 0 Å². The number of benzene rings is 1. The van der Waals surface area contributed by atoms with Crippen molar-refractivity contribution in [2.45, 2.75) is 6.42 Å². The lowest BCUT2D eigenvalue weighted by Gasteiger charge is -2.13. The van der Waals surface area contributed by atoms with Gasteiger partial charge in [0.2, 0.25) is 0 Å². The van der Waals surface area contributed by atoms with Gasteiger partial charge in [-0.25, -0.2) is 4.98 Å². The maximum atomic E-state index is 13.1. The number of H-pyrrole nitrogens is 1. The summed E-state index contributed by atoms with van der Waals surface area (Å²) >= 11 is 0. The fourth-order valence-corrected chi connectivity index (χ4v) is 3.55. The summed E-state index contributed by atoms with van der Waals surface area (Å²) in [5.41, 5.74) is 2.50. The Morgan fingerprint density at radius 3 is 2.60 bits per heavy atom. The maximum absolute atomic E-state index is 13.1. The van der Waals surface area contributed by atoms with E-state index in [1.807, 2.05) is 30.3 Å². The van der Waals surface area contributed by atoms with E-state index < -0.39 is 0 Å². The molecule has 0 saturated heterocycles. The highest BCUT2D eigenvalue weighted by molar-refractivity contribution is 5.71. The molecule has 7 nitrogen and oxygen atoms in total. The van der Waals surface area contributed by atoms with Crippen LogP contribution >= 0.6 is 0 Å². The summed E-state index contributed by atoms with van der Waals surface area (Å²) in [6, 6.07) is 16.7. The van der Waals surface area contributed by atoms with Crippen molar-refractivity contribution in [3.63, 3.8) is 0 Å². The summed E-state index contributed by atoms with van der Waals surface area (Å²) in [6.07, 6.45) is 5.26. The molecular weight excluding hydrogens is 380 g/mol. The molecule has 0 saturated carbocycles. The Kier molecular flexibility index (Phi) is 4.21. The number of aromatic nitrogens is 4. The first-order valence-electron chi connectivity index (χ1n) is 9.50. The Bertz CT molecular complexity index is 1410. The molecule has 2 aliphatic rings. The second-order valence-electron chi connectivity index (χ2n) is 7.06. The lowest BCUT2D eigenvalue weighted by atomic mass is 10.1. The van der Waals surface area contributed by atoms with Crippen LogP contribution in [0.5, 0.6) is 0 Å². The molecule has 2 aromatic heterocycles. The zero-order chi connectivity index (χ0) is 20.7. The van der Waals surface area contributed by atoms with Crippen LogP contribution in [0.1, 0.15) is 11.5 Å². The summed E-state index contributed by atoms with van der Waals surface area (Å²) in [5.74, 6) is 1.06. The first kappa shape index (κ1) is 17.9. The predicted octanol–water partition coefficient (Wildman–Crippen LogP) is 3.21. The molecular formula is C23H18N4O3. The van der Waals surface area contributed by atoms with Crippen LogP contribution < -0.4 is 11.1 Å². The zero-order valence-electron chi connectivity index (χ0n) is 16.2. The van der Waals surface area contributed by atoms with Gasteiger partial charge in [-0.2, -0.15) is 0 Å². The third kappa shape index (κ3) is 2.97. The Morgan fingerprint density at radius 1 is 1.00 bits per heavy atom. The molecule has 0 amide bonds. The molecule has 0 unspecified atom stereocenters. The van der Waals surface area contributed by atoms with Gasteiger partial charge in [-0.1, -0.05) is 30.3 Å². The van der Waals surface area contributed by atoms with Crippen molar-refractivity contribution in [1.29, 1.82) is 0 Å². The highest BCUT2D eigenvalue weighted by atomic mass is 16.3. The summed E-state index contributed by atoms with van der Waals surface area (Å²) in [6.45, 7) is 0. The van der Waals surface area contributed by atoms with Crippen LogP contribution in [-0.4, -0.2) is 19.1 Å². The number of pyridine rings is 1. The summed E-state index contributed by atoms with van der Waals surface area (Å²) < 4.78 is 8.38. The van der Waals surface area contributed by atoms with E-state index in [9.17, 15) is 9.59 Å². The van der Waals surface area contributed by atoms with E-state index in [1.165, 1.54) is 9.13 Å². The molecule has 2 aliphatic heterocycles. The monoisotopic (exact) mass is 398 g/mol. The molecule has 3 aromatic rings. The van der Waals surface area contributed by atoms with Gasteiger partial charge in [0.05, 0.1) is 29.6 Å². The van der Waals surface area contributed by atoms with E-state index in [4.69, 9.17) is 4.42 Å². The molecule has 7 heteroatoms. The van der Waals surface area contributed by atoms with E-state index in [2.05, 4.69) is 9.97 Å². The number of hydrogen-bond donors (Lipinski definition) is 1. The average Bonchev–Trinajstić information content (AvgIpc) is 3.39. The summed E-state index contributed by atoms with van der Waals surface area (Å²) in [5, 5.41) is 0. The van der Waals surface area contributed by atoms with Crippen molar-refractivity contribution in [2.24, 2.45) is 7.05 Å². The van der Waals surface area contributed by atoms with Crippen LogP contribution in [-0.2, 0) is 13.5 Å². The van der Waals surface area contributed by atoms with E-state index in [0.717, 1.165) is 5.56 Å². The second kappa shape index (κ2) is 7.04. The summed E-state index contributed by atoms with van der Waals surface area (Å²) in [7, 11) is 1.69. The lowest BCUT2D eigenvalue weighted by Crippen LogP contribution is -2.21. The first-order chi connectivity index (χ1) is 14.6. The van der Waals surface area contributed by atoms with Crippen LogP contribution in [0.2, 0.25) is 0 Å². The number of aromatic amines is 1. The van der Waals surface area contributed by atoms with Crippen LogP contribution in [0.4, 0.5) is 0 Å². The predicted molar refractivity (Wildman–Crippen MR) is 113 cm³/mol. The van der Waals surface area contributed by atoms with Crippen molar-refractivity contribution in [3.05, 3.63) is 105 Å². The van der Waals surface area contributed by atoms with E-state index >= 15 is 0 Å². The molecule has 0 spiro atoms. The van der Waals surface area contributed by atoms with Crippen molar-refractivity contribution >= 4 is 0 Å². The number of imidazole rings is 1. The molecule has 0 atom stereocenters. The normalized spacial score (nSPS) is 11.2. The van der Waals surface area contributed by atoms with Gasteiger partial charge in [0, 0.05) is 19.4 Å². The van der Waals surface area contributed by atoms with E-state index in [0.29, 0.717) is 34.2 Å². The van der Waals surface area contributed by atoms with Crippen LogP contribution in [0.3, 0.4) is 0 Å². The lowest BCUT2D eigenvalue weighted by molar-refractivity contribution is 0.519. The zero-order valence-corrected chi connectivity index (χ0v) is 16.2. The van der Waals surface area contributed by atoms with Crippen molar-refractivity contribution < 1.29 is 4.42 Å². The smallest absolute Gasteiger partial charge is 0.278 e. The molecule has 0 bridgehead atoms. The van der Waals surface area contributed by atoms with Gasteiger partial charge in [0.25, 0.3) is 11.1 Å². The van der Waals surface area contributed by atoms with Crippen LogP contribution in [0.15, 0.2) is 87.3 Å². The third-order valence-corrected chi connectivity index (χ3v) is 5.08. The van der Waals surface area contributed by atoms with E-state index in [-0.39, 0.29) is 17.5 Å². The van der Waals surface area contributed by atoms with Gasteiger partial charge >= 0.3 is 0 Å². The van der Waals surface area contributed by atoms with Crippen molar-refractivity contribution in [2.75, 3.05) is 0 Å². The van der Waals surface area contributed by atoms with E-state index in [1.54, 1.807) is 50.0 Å². The highest BCUT2D eigenvalue weighted by Gasteiger charge is 2.23. The fourth-order valence-electron chi connectivity index (χ4n) is 3.55. The Labute approximate surface area is 171 Å². The molecule has 1 N–H and O–H groups in total. The molecule has 0 aliphatic carbocycles. The molecule has 148 valence electrons. The number of hydrogen-bond acceptors (Lipinski definition) is 4. The number of nitrogens with zero attached hydrogens (tertiary/aromatic N) is 3. The molecule has 5 rings (SSSR count). The standard InChI is InChI=1S/C23H18N4O3/c1-26-11-5-10-17(22(26)28)20-21-25-18(13-16-9-6-12-30-16)23(29)27(21)14-19(24-20)15-7-3-2-4-8-15/h2-12,14,24H,13H2,1H3. The Balaban J connectivity index is 1.79. The van der Waals surface area contributed by atoms with Gasteiger partial charge < -0.3 is 14.0 Å². The van der Waals surface area contributed by atoms with Crippen molar-refractivity contribution in [1.82, 2.24) is 19.1 Å². The van der Waals surface area contributed by atoms with Gasteiger partial charge in [0.15, 0.2) is 5.82 Å². The minimum Gasteiger partial charge on any atom is -0.469 e. The molecule has 30 heavy (non-hydrogen) atoms. The minimum atomic E-state index is -0.235. The van der Waals surface area contributed by atoms with Gasteiger partial charge in [-0.15, -0.1) is 0 Å². The fraction of sp³-hybridized carbons (Fsp3) is 0.0870. The number of fused-ring (bicyclic) bond motifs is 1. The number of rotatable bonds is 4. The molecule has 0 radical (unpaired) electrons. The number of nitrogens with one attached hydrogen (secondary N) is 1. The SMILES string of the molecule is Cn1cccc(-c2[nH]c(-c3ccccc3)cn3c(=O)c(Cc4ccco4)nc2-3)c1=O. The average molecular weight is 398 g/mol. The summed E-state index contributed by atoms with van der Waals surface area (Å²) in [4.78, 5) is 33.9. The molecule has 4 heterocycles. The largest absolute Gasteiger partial charge is 0.469 e. The Morgan fingerprint density at radius 2 is 1.83 bits per heavy atom. The molecule has 1 aromatic carbocycles. The highest BCUT2D eigenvalue weighted by Crippen LogP contribution is 2.27. The molecule has 0 fully saturated rings. The topological polar surface area (TPSA) is 85.8 Å². The van der Waals surface area contributed by atoms with Gasteiger partial charge in [-0.3, -0.25) is 14.2 Å².